The lowest BCUT2D eigenvalue weighted by Gasteiger charge is -2.16. The molecule has 0 fully saturated rings. The Morgan fingerprint density at radius 2 is 2.00 bits per heavy atom. The summed E-state index contributed by atoms with van der Waals surface area (Å²) in [6.45, 7) is 3.92. The van der Waals surface area contributed by atoms with Gasteiger partial charge < -0.3 is 9.64 Å². The van der Waals surface area contributed by atoms with Crippen molar-refractivity contribution in [2.24, 2.45) is 0 Å². The third-order valence-corrected chi connectivity index (χ3v) is 4.32. The van der Waals surface area contributed by atoms with Crippen LogP contribution in [0.5, 0.6) is 0 Å². The SMILES string of the molecule is Cc1cc(C)n2nc(C(=O)OCC(=O)N3CCc4ccccc43)nc2n1. The van der Waals surface area contributed by atoms with E-state index in [4.69, 9.17) is 4.74 Å². The van der Waals surface area contributed by atoms with Crippen molar-refractivity contribution < 1.29 is 14.3 Å². The zero-order valence-electron chi connectivity index (χ0n) is 14.5. The summed E-state index contributed by atoms with van der Waals surface area (Å²) in [4.78, 5) is 34.6. The van der Waals surface area contributed by atoms with E-state index in [1.807, 2.05) is 44.2 Å². The Hall–Kier alpha value is -3.29. The van der Waals surface area contributed by atoms with Gasteiger partial charge in [-0.2, -0.15) is 4.98 Å². The van der Waals surface area contributed by atoms with Crippen LogP contribution < -0.4 is 4.90 Å². The first kappa shape index (κ1) is 16.2. The van der Waals surface area contributed by atoms with Gasteiger partial charge in [0.25, 0.3) is 17.5 Å². The minimum Gasteiger partial charge on any atom is -0.450 e. The number of carbonyl (C=O) groups excluding carboxylic acids is 2. The number of nitrogens with zero attached hydrogens (tertiary/aromatic N) is 5. The zero-order chi connectivity index (χ0) is 18.3. The Kier molecular flexibility index (Phi) is 3.87. The van der Waals surface area contributed by atoms with E-state index in [9.17, 15) is 9.59 Å². The van der Waals surface area contributed by atoms with Crippen LogP contribution in [0, 0.1) is 13.8 Å². The summed E-state index contributed by atoms with van der Waals surface area (Å²) < 4.78 is 6.60. The van der Waals surface area contributed by atoms with Crippen molar-refractivity contribution in [1.82, 2.24) is 19.6 Å². The molecule has 0 aliphatic carbocycles. The average molecular weight is 351 g/mol. The van der Waals surface area contributed by atoms with E-state index < -0.39 is 5.97 Å². The molecule has 0 radical (unpaired) electrons. The molecule has 0 saturated carbocycles. The monoisotopic (exact) mass is 351 g/mol. The number of fused-ring (bicyclic) bond motifs is 2. The van der Waals surface area contributed by atoms with Crippen LogP contribution in [0.25, 0.3) is 5.78 Å². The molecular formula is C18H17N5O3. The molecule has 0 saturated heterocycles. The molecule has 0 spiro atoms. The van der Waals surface area contributed by atoms with Gasteiger partial charge in [0.2, 0.25) is 0 Å². The Morgan fingerprint density at radius 3 is 2.85 bits per heavy atom. The molecule has 1 aliphatic heterocycles. The lowest BCUT2D eigenvalue weighted by molar-refractivity contribution is -0.121. The van der Waals surface area contributed by atoms with Crippen LogP contribution in [0.3, 0.4) is 0 Å². The summed E-state index contributed by atoms with van der Waals surface area (Å²) in [6, 6.07) is 9.55. The molecule has 0 atom stereocenters. The summed E-state index contributed by atoms with van der Waals surface area (Å²) in [5.41, 5.74) is 3.58. The first-order valence-corrected chi connectivity index (χ1v) is 8.29. The number of aromatic nitrogens is 4. The number of aryl methyl sites for hydroxylation is 2. The number of hydrogen-bond donors (Lipinski definition) is 0. The molecule has 3 aromatic rings. The van der Waals surface area contributed by atoms with E-state index in [1.54, 1.807) is 4.90 Å². The number of amides is 1. The molecule has 3 heterocycles. The summed E-state index contributed by atoms with van der Waals surface area (Å²) in [7, 11) is 0. The predicted octanol–water partition coefficient (Wildman–Crippen LogP) is 1.49. The van der Waals surface area contributed by atoms with Gasteiger partial charge in [-0.25, -0.2) is 14.3 Å². The second kappa shape index (κ2) is 6.21. The molecule has 0 N–H and O–H groups in total. The van der Waals surface area contributed by atoms with Gasteiger partial charge in [-0.15, -0.1) is 5.10 Å². The van der Waals surface area contributed by atoms with E-state index in [-0.39, 0.29) is 18.3 Å². The standard InChI is InChI=1S/C18H17N5O3/c1-11-9-12(2)23-18(19-11)20-16(21-23)17(25)26-10-15(24)22-8-7-13-5-3-4-6-14(13)22/h3-6,9H,7-8,10H2,1-2H3. The van der Waals surface area contributed by atoms with Crippen LogP contribution in [0.2, 0.25) is 0 Å². The Labute approximate surface area is 149 Å². The van der Waals surface area contributed by atoms with Gasteiger partial charge in [0, 0.05) is 23.6 Å². The Morgan fingerprint density at radius 1 is 1.19 bits per heavy atom. The maximum absolute atomic E-state index is 12.4. The quantitative estimate of drug-likeness (QED) is 0.664. The minimum atomic E-state index is -0.742. The number of para-hydroxylation sites is 1. The van der Waals surface area contributed by atoms with Crippen LogP contribution in [-0.2, 0) is 16.0 Å². The van der Waals surface area contributed by atoms with Crippen molar-refractivity contribution in [2.75, 3.05) is 18.1 Å². The predicted molar refractivity (Wildman–Crippen MR) is 93.0 cm³/mol. The second-order valence-corrected chi connectivity index (χ2v) is 6.19. The van der Waals surface area contributed by atoms with Crippen LogP contribution in [0.1, 0.15) is 27.6 Å². The van der Waals surface area contributed by atoms with Gasteiger partial charge in [0.05, 0.1) is 0 Å². The van der Waals surface area contributed by atoms with Gasteiger partial charge in [0.1, 0.15) is 0 Å². The lowest BCUT2D eigenvalue weighted by Crippen LogP contribution is -2.33. The van der Waals surface area contributed by atoms with Gasteiger partial charge in [-0.3, -0.25) is 4.79 Å². The summed E-state index contributed by atoms with van der Waals surface area (Å²) in [6.07, 6.45) is 0.800. The third kappa shape index (κ3) is 2.79. The average Bonchev–Trinajstić information content (AvgIpc) is 3.23. The van der Waals surface area contributed by atoms with Crippen molar-refractivity contribution in [3.05, 3.63) is 53.1 Å². The zero-order valence-corrected chi connectivity index (χ0v) is 14.5. The highest BCUT2D eigenvalue weighted by Gasteiger charge is 2.26. The minimum absolute atomic E-state index is 0.110. The number of hydrogen-bond acceptors (Lipinski definition) is 6. The molecule has 26 heavy (non-hydrogen) atoms. The van der Waals surface area contributed by atoms with Crippen LogP contribution in [0.4, 0.5) is 5.69 Å². The Bertz CT molecular complexity index is 1030. The molecular weight excluding hydrogens is 334 g/mol. The van der Waals surface area contributed by atoms with E-state index >= 15 is 0 Å². The van der Waals surface area contributed by atoms with Gasteiger partial charge in [-0.05, 0) is 38.0 Å². The molecule has 4 rings (SSSR count). The molecule has 2 aromatic heterocycles. The fourth-order valence-corrected chi connectivity index (χ4v) is 3.12. The van der Waals surface area contributed by atoms with Crippen LogP contribution in [0.15, 0.2) is 30.3 Å². The van der Waals surface area contributed by atoms with Gasteiger partial charge in [0.15, 0.2) is 6.61 Å². The van der Waals surface area contributed by atoms with E-state index in [0.717, 1.165) is 29.1 Å². The number of benzene rings is 1. The third-order valence-electron chi connectivity index (χ3n) is 4.32. The highest BCUT2D eigenvalue weighted by atomic mass is 16.5. The van der Waals surface area contributed by atoms with Crippen LogP contribution in [-0.4, -0.2) is 44.6 Å². The molecule has 132 valence electrons. The summed E-state index contributed by atoms with van der Waals surface area (Å²) >= 11 is 0. The molecule has 1 aromatic carbocycles. The van der Waals surface area contributed by atoms with Crippen LogP contribution >= 0.6 is 0 Å². The maximum atomic E-state index is 12.4. The van der Waals surface area contributed by atoms with E-state index in [1.165, 1.54) is 4.52 Å². The molecule has 1 aliphatic rings. The fraction of sp³-hybridized carbons (Fsp3) is 0.278. The van der Waals surface area contributed by atoms with Gasteiger partial charge in [-0.1, -0.05) is 18.2 Å². The first-order chi connectivity index (χ1) is 12.5. The topological polar surface area (TPSA) is 89.7 Å². The maximum Gasteiger partial charge on any atom is 0.378 e. The largest absolute Gasteiger partial charge is 0.450 e. The number of ether oxygens (including phenoxy) is 1. The number of carbonyl (C=O) groups is 2. The summed E-state index contributed by atoms with van der Waals surface area (Å²) in [5.74, 6) is -0.791. The lowest BCUT2D eigenvalue weighted by atomic mass is 10.2. The Balaban J connectivity index is 1.46. The normalized spacial score (nSPS) is 13.1. The second-order valence-electron chi connectivity index (χ2n) is 6.19. The number of rotatable bonds is 3. The first-order valence-electron chi connectivity index (χ1n) is 8.29. The van der Waals surface area contributed by atoms with Crippen molar-refractivity contribution in [3.63, 3.8) is 0 Å². The van der Waals surface area contributed by atoms with Gasteiger partial charge >= 0.3 is 5.97 Å². The number of anilines is 1. The summed E-state index contributed by atoms with van der Waals surface area (Å²) in [5, 5.41) is 4.11. The smallest absolute Gasteiger partial charge is 0.378 e. The highest BCUT2D eigenvalue weighted by molar-refractivity contribution is 5.98. The van der Waals surface area contributed by atoms with Crippen molar-refractivity contribution >= 4 is 23.3 Å². The molecule has 8 heteroatoms. The molecule has 0 bridgehead atoms. The van der Waals surface area contributed by atoms with Crippen molar-refractivity contribution in [3.8, 4) is 0 Å². The van der Waals surface area contributed by atoms with Crippen molar-refractivity contribution in [1.29, 1.82) is 0 Å². The molecule has 0 unspecified atom stereocenters. The number of esters is 1. The highest BCUT2D eigenvalue weighted by Crippen LogP contribution is 2.27. The van der Waals surface area contributed by atoms with E-state index in [0.29, 0.717) is 12.3 Å². The van der Waals surface area contributed by atoms with Crippen molar-refractivity contribution in [2.45, 2.75) is 20.3 Å². The fourth-order valence-electron chi connectivity index (χ4n) is 3.12. The molecule has 1 amide bonds. The molecule has 8 nitrogen and oxygen atoms in total. The van der Waals surface area contributed by atoms with E-state index in [2.05, 4.69) is 15.1 Å².